The SMILES string of the molecule is COCCCN(C)C(C)C(N)c1ccccc1. The van der Waals surface area contributed by atoms with Crippen molar-refractivity contribution in [1.29, 1.82) is 0 Å². The van der Waals surface area contributed by atoms with Gasteiger partial charge in [0.15, 0.2) is 0 Å². The molecule has 0 aliphatic rings. The van der Waals surface area contributed by atoms with Crippen LogP contribution in [0.25, 0.3) is 0 Å². The molecule has 1 rings (SSSR count). The van der Waals surface area contributed by atoms with Crippen LogP contribution in [0.4, 0.5) is 0 Å². The van der Waals surface area contributed by atoms with Gasteiger partial charge in [-0.05, 0) is 26.0 Å². The second-order valence-electron chi connectivity index (χ2n) is 4.50. The Morgan fingerprint density at radius 3 is 2.53 bits per heavy atom. The highest BCUT2D eigenvalue weighted by atomic mass is 16.5. The number of rotatable bonds is 7. The lowest BCUT2D eigenvalue weighted by Gasteiger charge is -2.29. The summed E-state index contributed by atoms with van der Waals surface area (Å²) in [5, 5.41) is 0. The fourth-order valence-electron chi connectivity index (χ4n) is 1.89. The normalized spacial score (nSPS) is 14.9. The van der Waals surface area contributed by atoms with Crippen molar-refractivity contribution in [3.63, 3.8) is 0 Å². The summed E-state index contributed by atoms with van der Waals surface area (Å²) in [6.07, 6.45) is 1.04. The van der Waals surface area contributed by atoms with Crippen LogP contribution in [-0.4, -0.2) is 38.3 Å². The van der Waals surface area contributed by atoms with Crippen molar-refractivity contribution in [2.24, 2.45) is 5.73 Å². The van der Waals surface area contributed by atoms with Crippen LogP contribution in [0.2, 0.25) is 0 Å². The molecule has 2 unspecified atom stereocenters. The van der Waals surface area contributed by atoms with Gasteiger partial charge < -0.3 is 15.4 Å². The third-order valence-corrected chi connectivity index (χ3v) is 3.26. The van der Waals surface area contributed by atoms with E-state index in [0.717, 1.165) is 19.6 Å². The predicted molar refractivity (Wildman–Crippen MR) is 72.0 cm³/mol. The number of hydrogen-bond donors (Lipinski definition) is 1. The smallest absolute Gasteiger partial charge is 0.0474 e. The number of benzene rings is 1. The highest BCUT2D eigenvalue weighted by molar-refractivity contribution is 5.19. The summed E-state index contributed by atoms with van der Waals surface area (Å²) >= 11 is 0. The van der Waals surface area contributed by atoms with E-state index in [2.05, 4.69) is 31.0 Å². The molecule has 0 amide bonds. The van der Waals surface area contributed by atoms with Gasteiger partial charge in [-0.2, -0.15) is 0 Å². The minimum atomic E-state index is 0.0590. The average Bonchev–Trinajstić information content (AvgIpc) is 2.38. The molecule has 0 bridgehead atoms. The Morgan fingerprint density at radius 2 is 1.94 bits per heavy atom. The van der Waals surface area contributed by atoms with E-state index < -0.39 is 0 Å². The summed E-state index contributed by atoms with van der Waals surface area (Å²) in [5.74, 6) is 0. The van der Waals surface area contributed by atoms with Gasteiger partial charge in [-0.1, -0.05) is 30.3 Å². The number of likely N-dealkylation sites (N-methyl/N-ethyl adjacent to an activating group) is 1. The van der Waals surface area contributed by atoms with Crippen molar-refractivity contribution >= 4 is 0 Å². The average molecular weight is 236 g/mol. The number of nitrogens with zero attached hydrogens (tertiary/aromatic N) is 1. The molecule has 3 heteroatoms. The number of hydrogen-bond acceptors (Lipinski definition) is 3. The summed E-state index contributed by atoms with van der Waals surface area (Å²) in [7, 11) is 3.85. The van der Waals surface area contributed by atoms with Gasteiger partial charge in [-0.3, -0.25) is 0 Å². The molecule has 0 spiro atoms. The first-order valence-electron chi connectivity index (χ1n) is 6.16. The highest BCUT2D eigenvalue weighted by Gasteiger charge is 2.18. The molecule has 0 aliphatic carbocycles. The van der Waals surface area contributed by atoms with Gasteiger partial charge in [0, 0.05) is 32.3 Å². The quantitative estimate of drug-likeness (QED) is 0.736. The van der Waals surface area contributed by atoms with Crippen molar-refractivity contribution in [3.8, 4) is 0 Å². The molecule has 96 valence electrons. The van der Waals surface area contributed by atoms with Crippen LogP contribution >= 0.6 is 0 Å². The Balaban J connectivity index is 2.48. The number of methoxy groups -OCH3 is 1. The van der Waals surface area contributed by atoms with Gasteiger partial charge in [-0.15, -0.1) is 0 Å². The first-order chi connectivity index (χ1) is 8.16. The summed E-state index contributed by atoms with van der Waals surface area (Å²) in [4.78, 5) is 2.29. The Kier molecular flexibility index (Phi) is 6.19. The third-order valence-electron chi connectivity index (χ3n) is 3.26. The molecule has 0 saturated heterocycles. The minimum Gasteiger partial charge on any atom is -0.385 e. The fourth-order valence-corrected chi connectivity index (χ4v) is 1.89. The summed E-state index contributed by atoms with van der Waals surface area (Å²) in [6.45, 7) is 3.98. The topological polar surface area (TPSA) is 38.5 Å². The van der Waals surface area contributed by atoms with Crippen LogP contribution in [0.15, 0.2) is 30.3 Å². The second kappa shape index (κ2) is 7.43. The van der Waals surface area contributed by atoms with Crippen molar-refractivity contribution in [1.82, 2.24) is 4.90 Å². The van der Waals surface area contributed by atoms with Crippen molar-refractivity contribution in [2.45, 2.75) is 25.4 Å². The van der Waals surface area contributed by atoms with Crippen molar-refractivity contribution in [3.05, 3.63) is 35.9 Å². The zero-order valence-electron chi connectivity index (χ0n) is 11.1. The summed E-state index contributed by atoms with van der Waals surface area (Å²) in [6, 6.07) is 10.6. The van der Waals surface area contributed by atoms with E-state index in [0.29, 0.717) is 6.04 Å². The first-order valence-corrected chi connectivity index (χ1v) is 6.16. The van der Waals surface area contributed by atoms with Crippen LogP contribution < -0.4 is 5.73 Å². The Labute approximate surface area is 105 Å². The molecule has 0 aliphatic heterocycles. The Hall–Kier alpha value is -0.900. The predicted octanol–water partition coefficient (Wildman–Crippen LogP) is 2.04. The molecule has 0 saturated carbocycles. The van der Waals surface area contributed by atoms with E-state index in [-0.39, 0.29) is 6.04 Å². The minimum absolute atomic E-state index is 0.0590. The van der Waals surface area contributed by atoms with Crippen LogP contribution in [0, 0.1) is 0 Å². The second-order valence-corrected chi connectivity index (χ2v) is 4.50. The molecule has 0 aromatic heterocycles. The lowest BCUT2D eigenvalue weighted by atomic mass is 10.0. The molecule has 2 atom stereocenters. The van der Waals surface area contributed by atoms with Crippen molar-refractivity contribution in [2.75, 3.05) is 27.3 Å². The zero-order valence-corrected chi connectivity index (χ0v) is 11.1. The van der Waals surface area contributed by atoms with E-state index in [1.54, 1.807) is 7.11 Å². The van der Waals surface area contributed by atoms with Crippen LogP contribution in [0.3, 0.4) is 0 Å². The van der Waals surface area contributed by atoms with Gasteiger partial charge in [0.25, 0.3) is 0 Å². The zero-order chi connectivity index (χ0) is 12.7. The van der Waals surface area contributed by atoms with E-state index in [1.165, 1.54) is 5.56 Å². The molecule has 0 heterocycles. The highest BCUT2D eigenvalue weighted by Crippen LogP contribution is 2.17. The largest absolute Gasteiger partial charge is 0.385 e. The maximum atomic E-state index is 6.27. The van der Waals surface area contributed by atoms with Crippen LogP contribution in [0.1, 0.15) is 24.9 Å². The standard InChI is InChI=1S/C14H24N2O/c1-12(16(2)10-7-11-17-3)14(15)13-8-5-4-6-9-13/h4-6,8-9,12,14H,7,10-11,15H2,1-3H3. The van der Waals surface area contributed by atoms with Gasteiger partial charge in [0.1, 0.15) is 0 Å². The van der Waals surface area contributed by atoms with E-state index in [9.17, 15) is 0 Å². The molecule has 0 radical (unpaired) electrons. The molecular weight excluding hydrogens is 212 g/mol. The van der Waals surface area contributed by atoms with Gasteiger partial charge >= 0.3 is 0 Å². The van der Waals surface area contributed by atoms with Crippen molar-refractivity contribution < 1.29 is 4.74 Å². The van der Waals surface area contributed by atoms with E-state index in [4.69, 9.17) is 10.5 Å². The maximum Gasteiger partial charge on any atom is 0.0474 e. The Morgan fingerprint density at radius 1 is 1.29 bits per heavy atom. The number of nitrogens with two attached hydrogens (primary N) is 1. The van der Waals surface area contributed by atoms with Gasteiger partial charge in [0.05, 0.1) is 0 Å². The maximum absolute atomic E-state index is 6.27. The fraction of sp³-hybridized carbons (Fsp3) is 0.571. The first kappa shape index (κ1) is 14.2. The molecule has 1 aromatic rings. The summed E-state index contributed by atoms with van der Waals surface area (Å²) in [5.41, 5.74) is 7.46. The van der Waals surface area contributed by atoms with E-state index >= 15 is 0 Å². The molecular formula is C14H24N2O. The lowest BCUT2D eigenvalue weighted by Crippen LogP contribution is -2.39. The molecule has 17 heavy (non-hydrogen) atoms. The lowest BCUT2D eigenvalue weighted by molar-refractivity contribution is 0.161. The molecule has 2 N–H and O–H groups in total. The van der Waals surface area contributed by atoms with Gasteiger partial charge in [-0.25, -0.2) is 0 Å². The number of ether oxygens (including phenoxy) is 1. The molecule has 1 aromatic carbocycles. The third kappa shape index (κ3) is 4.46. The summed E-state index contributed by atoms with van der Waals surface area (Å²) < 4.78 is 5.06. The molecule has 3 nitrogen and oxygen atoms in total. The van der Waals surface area contributed by atoms with E-state index in [1.807, 2.05) is 18.2 Å². The Bertz CT molecular complexity index is 302. The van der Waals surface area contributed by atoms with Crippen LogP contribution in [-0.2, 0) is 4.74 Å². The van der Waals surface area contributed by atoms with Crippen LogP contribution in [0.5, 0.6) is 0 Å². The monoisotopic (exact) mass is 236 g/mol. The molecule has 0 fully saturated rings. The van der Waals surface area contributed by atoms with Gasteiger partial charge in [0.2, 0.25) is 0 Å².